The summed E-state index contributed by atoms with van der Waals surface area (Å²) in [6, 6.07) is 42.8. The van der Waals surface area contributed by atoms with Crippen LogP contribution in [0.4, 0.5) is 0 Å². The third kappa shape index (κ3) is 3.12. The lowest BCUT2D eigenvalue weighted by Crippen LogP contribution is -2.36. The molecule has 5 aromatic carbocycles. The molecule has 0 amide bonds. The van der Waals surface area contributed by atoms with Gasteiger partial charge in [0.05, 0.1) is 11.0 Å². The predicted octanol–water partition coefficient (Wildman–Crippen LogP) is 7.97. The van der Waals surface area contributed by atoms with Gasteiger partial charge in [-0.15, -0.1) is 0 Å². The van der Waals surface area contributed by atoms with Gasteiger partial charge < -0.3 is 9.67 Å². The predicted molar refractivity (Wildman–Crippen MR) is 144 cm³/mol. The van der Waals surface area contributed by atoms with Crippen LogP contribution in [0.1, 0.15) is 11.1 Å². The van der Waals surface area contributed by atoms with Crippen LogP contribution < -0.4 is 0 Å². The van der Waals surface area contributed by atoms with Gasteiger partial charge in [0.2, 0.25) is 0 Å². The zero-order chi connectivity index (χ0) is 23.1. The normalized spacial score (nSPS) is 13.2. The van der Waals surface area contributed by atoms with E-state index in [2.05, 4.69) is 56.9 Å². The fourth-order valence-corrected chi connectivity index (χ4v) is 5.59. The average molecular weight is 504 g/mol. The van der Waals surface area contributed by atoms with Crippen LogP contribution in [0.5, 0.6) is 0 Å². The van der Waals surface area contributed by atoms with E-state index in [0.29, 0.717) is 0 Å². The van der Waals surface area contributed by atoms with E-state index in [4.69, 9.17) is 0 Å². The van der Waals surface area contributed by atoms with Crippen LogP contribution in [0, 0.1) is 0 Å². The molecule has 0 spiro atoms. The van der Waals surface area contributed by atoms with Crippen LogP contribution in [0.25, 0.3) is 32.9 Å². The molecule has 6 aromatic rings. The van der Waals surface area contributed by atoms with Crippen LogP contribution in [-0.4, -0.2) is 9.67 Å². The molecule has 0 radical (unpaired) electrons. The van der Waals surface area contributed by atoms with Crippen molar-refractivity contribution in [1.82, 2.24) is 4.57 Å². The zero-order valence-corrected chi connectivity index (χ0v) is 20.0. The monoisotopic (exact) mass is 503 g/mol. The molecule has 0 saturated heterocycles. The second-order valence-corrected chi connectivity index (χ2v) is 9.29. The van der Waals surface area contributed by atoms with E-state index in [1.807, 2.05) is 91.0 Å². The number of hydrogen-bond donors (Lipinski definition) is 1. The van der Waals surface area contributed by atoms with Gasteiger partial charge in [-0.25, -0.2) is 0 Å². The molecule has 1 atom stereocenters. The number of benzene rings is 5. The van der Waals surface area contributed by atoms with Gasteiger partial charge in [-0.2, -0.15) is 0 Å². The minimum absolute atomic E-state index is 0.803. The summed E-state index contributed by atoms with van der Waals surface area (Å²) >= 11 is 3.79. The molecule has 0 bridgehead atoms. The minimum Gasteiger partial charge on any atom is -0.363 e. The van der Waals surface area contributed by atoms with Gasteiger partial charge in [0.1, 0.15) is 0 Å². The molecule has 0 aliphatic carbocycles. The average Bonchev–Trinajstić information content (AvgIpc) is 3.26. The van der Waals surface area contributed by atoms with Gasteiger partial charge in [-0.1, -0.05) is 115 Å². The third-order valence-corrected chi connectivity index (χ3v) is 7.17. The molecule has 6 rings (SSSR count). The smallest absolute Gasteiger partial charge is 0.196 e. The van der Waals surface area contributed by atoms with Crippen LogP contribution >= 0.6 is 15.9 Å². The van der Waals surface area contributed by atoms with E-state index >= 15 is 0 Å². The topological polar surface area (TPSA) is 25.2 Å². The lowest BCUT2D eigenvalue weighted by atomic mass is 9.87. The Balaban J connectivity index is 1.80. The second kappa shape index (κ2) is 8.28. The van der Waals surface area contributed by atoms with Crippen LogP contribution in [0.2, 0.25) is 0 Å². The Morgan fingerprint density at radius 3 is 2.00 bits per heavy atom. The Hall–Kier alpha value is -3.66. The van der Waals surface area contributed by atoms with Crippen molar-refractivity contribution >= 4 is 37.7 Å². The number of aliphatic hydroxyl groups is 1. The van der Waals surface area contributed by atoms with Crippen LogP contribution in [0.3, 0.4) is 0 Å². The first kappa shape index (κ1) is 20.9. The Bertz CT molecular complexity index is 1620. The molecule has 0 saturated carbocycles. The van der Waals surface area contributed by atoms with Crippen molar-refractivity contribution in [3.05, 3.63) is 143 Å². The SMILES string of the molecule is OC(c1ccccc1)(c1ccccc1-c1ccccc1)n1c2ccccc2c2cccc(Br)c21. The first-order chi connectivity index (χ1) is 16.7. The van der Waals surface area contributed by atoms with Crippen molar-refractivity contribution in [1.29, 1.82) is 0 Å². The molecule has 164 valence electrons. The molecule has 1 heterocycles. The van der Waals surface area contributed by atoms with E-state index in [-0.39, 0.29) is 0 Å². The summed E-state index contributed by atoms with van der Waals surface area (Å²) in [6.07, 6.45) is 0. The highest BCUT2D eigenvalue weighted by atomic mass is 79.9. The molecule has 0 aliphatic heterocycles. The molecule has 3 heteroatoms. The minimum atomic E-state index is -1.46. The highest BCUT2D eigenvalue weighted by molar-refractivity contribution is 9.10. The quantitative estimate of drug-likeness (QED) is 0.259. The fourth-order valence-electron chi connectivity index (χ4n) is 5.05. The standard InChI is InChI=1S/C31H22BrNO/c32-28-20-11-18-26-25-17-8-10-21-29(25)33(30(26)28)31(34,23-14-5-2-6-15-23)27-19-9-7-16-24(27)22-12-3-1-4-13-22/h1-21,34H. The maximum Gasteiger partial charge on any atom is 0.196 e. The van der Waals surface area contributed by atoms with E-state index < -0.39 is 5.72 Å². The van der Waals surface area contributed by atoms with Crippen molar-refractivity contribution in [3.63, 3.8) is 0 Å². The summed E-state index contributed by atoms with van der Waals surface area (Å²) in [5.41, 5.74) is 4.15. The molecule has 1 N–H and O–H groups in total. The summed E-state index contributed by atoms with van der Waals surface area (Å²) < 4.78 is 3.02. The van der Waals surface area contributed by atoms with Gasteiger partial charge in [-0.3, -0.25) is 0 Å². The van der Waals surface area contributed by atoms with Crippen LogP contribution in [0.15, 0.2) is 132 Å². The summed E-state index contributed by atoms with van der Waals surface area (Å²) in [5, 5.41) is 15.2. The van der Waals surface area contributed by atoms with Gasteiger partial charge in [0.25, 0.3) is 0 Å². The van der Waals surface area contributed by atoms with Gasteiger partial charge in [0, 0.05) is 26.4 Å². The van der Waals surface area contributed by atoms with Crippen molar-refractivity contribution in [2.45, 2.75) is 5.72 Å². The van der Waals surface area contributed by atoms with E-state index in [1.54, 1.807) is 0 Å². The lowest BCUT2D eigenvalue weighted by molar-refractivity contribution is 0.0580. The fraction of sp³-hybridized carbons (Fsp3) is 0.0323. The number of halogens is 1. The number of aromatic nitrogens is 1. The maximum absolute atomic E-state index is 13.0. The van der Waals surface area contributed by atoms with Gasteiger partial charge in [-0.05, 0) is 39.2 Å². The Kier molecular flexibility index (Phi) is 5.09. The van der Waals surface area contributed by atoms with Crippen molar-refractivity contribution < 1.29 is 5.11 Å². The van der Waals surface area contributed by atoms with Gasteiger partial charge in [0.15, 0.2) is 5.72 Å². The molecule has 34 heavy (non-hydrogen) atoms. The van der Waals surface area contributed by atoms with Crippen molar-refractivity contribution in [2.75, 3.05) is 0 Å². The second-order valence-electron chi connectivity index (χ2n) is 8.44. The van der Waals surface area contributed by atoms with Crippen LogP contribution in [-0.2, 0) is 5.72 Å². The number of fused-ring (bicyclic) bond motifs is 3. The van der Waals surface area contributed by atoms with Crippen molar-refractivity contribution in [3.8, 4) is 11.1 Å². The number of rotatable bonds is 4. The molecule has 0 fully saturated rings. The Morgan fingerprint density at radius 2 is 1.21 bits per heavy atom. The zero-order valence-electron chi connectivity index (χ0n) is 18.4. The molecule has 2 nitrogen and oxygen atoms in total. The first-order valence-corrected chi connectivity index (χ1v) is 12.1. The molecule has 0 aliphatic rings. The van der Waals surface area contributed by atoms with E-state index in [9.17, 15) is 5.11 Å². The number of nitrogens with zero attached hydrogens (tertiary/aromatic N) is 1. The van der Waals surface area contributed by atoms with Gasteiger partial charge >= 0.3 is 0 Å². The largest absolute Gasteiger partial charge is 0.363 e. The molecule has 1 aromatic heterocycles. The maximum atomic E-state index is 13.0. The molecular weight excluding hydrogens is 482 g/mol. The highest BCUT2D eigenvalue weighted by Gasteiger charge is 2.38. The highest BCUT2D eigenvalue weighted by Crippen LogP contribution is 2.44. The Morgan fingerprint density at radius 1 is 0.588 bits per heavy atom. The summed E-state index contributed by atoms with van der Waals surface area (Å²) in [7, 11) is 0. The summed E-state index contributed by atoms with van der Waals surface area (Å²) in [6.45, 7) is 0. The van der Waals surface area contributed by atoms with E-state index in [0.717, 1.165) is 48.5 Å². The molecule has 1 unspecified atom stereocenters. The third-order valence-electron chi connectivity index (χ3n) is 6.53. The summed E-state index contributed by atoms with van der Waals surface area (Å²) in [4.78, 5) is 0. The first-order valence-electron chi connectivity index (χ1n) is 11.3. The molecular formula is C31H22BrNO. The Labute approximate surface area is 206 Å². The number of hydrogen-bond acceptors (Lipinski definition) is 1. The number of para-hydroxylation sites is 2. The van der Waals surface area contributed by atoms with E-state index in [1.165, 1.54) is 0 Å². The van der Waals surface area contributed by atoms with Crippen molar-refractivity contribution in [2.24, 2.45) is 0 Å². The summed E-state index contributed by atoms with van der Waals surface area (Å²) in [5.74, 6) is 0. The lowest BCUT2D eigenvalue weighted by Gasteiger charge is -2.34.